The van der Waals surface area contributed by atoms with Gasteiger partial charge in [0.15, 0.2) is 12.4 Å². The third-order valence-electron chi connectivity index (χ3n) is 13.0. The Morgan fingerprint density at radius 3 is 1.15 bits per heavy atom. The Balaban J connectivity index is 4.09. The molecule has 2 unspecified atom stereocenters. The zero-order valence-electron chi connectivity index (χ0n) is 47.5. The van der Waals surface area contributed by atoms with Crippen LogP contribution in [0.2, 0.25) is 0 Å². The molecule has 0 N–H and O–H groups in total. The number of allylic oxidation sites excluding steroid dienone is 10. The van der Waals surface area contributed by atoms with E-state index in [0.29, 0.717) is 17.4 Å². The molecule has 0 aliphatic rings. The first-order chi connectivity index (χ1) is 35.1. The van der Waals surface area contributed by atoms with E-state index in [4.69, 9.17) is 18.9 Å². The normalized spacial score (nSPS) is 13.2. The van der Waals surface area contributed by atoms with E-state index in [2.05, 4.69) is 74.6 Å². The standard InChI is InChI=1S/C63H113NO8/c1-6-8-10-12-14-16-18-20-22-23-24-25-26-27-28-29-30-31-32-33-34-35-36-37-38-39-40-42-44-46-48-50-52-54-61(66)72-59(58-71-63(62(67)68)69-56-55-64(3,4)5)57-70-60(65)53-51-49-47-45-43-41-21-19-17-15-13-11-9-7-2/h13,15,18-21,23-24,26-27,59,63H,6-12,14,16-17,22,25,28-58H2,1-5H3/b15-13-,20-18-,21-19-,24-23-,27-26-. The summed E-state index contributed by atoms with van der Waals surface area (Å²) in [7, 11) is 5.92. The summed E-state index contributed by atoms with van der Waals surface area (Å²) >= 11 is 0. The Hall–Kier alpha value is -3.01. The summed E-state index contributed by atoms with van der Waals surface area (Å²) in [6.45, 7) is 4.69. The van der Waals surface area contributed by atoms with Gasteiger partial charge in [-0.2, -0.15) is 0 Å². The van der Waals surface area contributed by atoms with E-state index in [0.717, 1.165) is 77.0 Å². The first-order valence-electron chi connectivity index (χ1n) is 29.9. The van der Waals surface area contributed by atoms with Gasteiger partial charge < -0.3 is 33.3 Å². The molecule has 0 aromatic rings. The van der Waals surface area contributed by atoms with Gasteiger partial charge in [0.05, 0.1) is 40.3 Å². The maximum atomic E-state index is 12.9. The Labute approximate surface area is 444 Å². The molecule has 0 aliphatic heterocycles. The van der Waals surface area contributed by atoms with Crippen molar-refractivity contribution in [1.29, 1.82) is 0 Å². The van der Waals surface area contributed by atoms with Gasteiger partial charge in [-0.1, -0.05) is 235 Å². The van der Waals surface area contributed by atoms with E-state index in [9.17, 15) is 19.5 Å². The van der Waals surface area contributed by atoms with Gasteiger partial charge in [-0.05, 0) is 77.0 Å². The Morgan fingerprint density at radius 1 is 0.417 bits per heavy atom. The molecule has 72 heavy (non-hydrogen) atoms. The molecule has 0 aliphatic carbocycles. The fourth-order valence-corrected chi connectivity index (χ4v) is 8.33. The fraction of sp³-hybridized carbons (Fsp3) is 0.794. The van der Waals surface area contributed by atoms with Gasteiger partial charge in [0, 0.05) is 12.8 Å². The van der Waals surface area contributed by atoms with Crippen molar-refractivity contribution < 1.29 is 42.9 Å². The van der Waals surface area contributed by atoms with Gasteiger partial charge in [0.1, 0.15) is 13.2 Å². The average molecular weight is 1010 g/mol. The van der Waals surface area contributed by atoms with Crippen molar-refractivity contribution in [2.45, 2.75) is 277 Å². The predicted molar refractivity (Wildman–Crippen MR) is 302 cm³/mol. The lowest BCUT2D eigenvalue weighted by Gasteiger charge is -2.26. The molecule has 418 valence electrons. The number of rotatable bonds is 55. The lowest BCUT2D eigenvalue weighted by atomic mass is 10.0. The van der Waals surface area contributed by atoms with Crippen LogP contribution in [-0.4, -0.2) is 82.3 Å². The van der Waals surface area contributed by atoms with Crippen molar-refractivity contribution in [2.75, 3.05) is 47.5 Å². The monoisotopic (exact) mass is 1010 g/mol. The van der Waals surface area contributed by atoms with Gasteiger partial charge in [0.2, 0.25) is 0 Å². The Morgan fingerprint density at radius 2 is 0.764 bits per heavy atom. The van der Waals surface area contributed by atoms with Crippen molar-refractivity contribution in [2.24, 2.45) is 0 Å². The van der Waals surface area contributed by atoms with Gasteiger partial charge >= 0.3 is 11.9 Å². The SMILES string of the molecule is CCCC/C=C\C/C=C\CCCCCCCC(=O)OCC(COC(OCC[N+](C)(C)C)C(=O)[O-])OC(=O)CCCCCCCCCCCCCCCCCCCC/C=C\C/C=C\C/C=C\CCCCCCC. The minimum Gasteiger partial charge on any atom is -0.545 e. The third-order valence-corrected chi connectivity index (χ3v) is 13.0. The molecule has 0 saturated heterocycles. The number of hydrogen-bond acceptors (Lipinski definition) is 8. The molecular weight excluding hydrogens is 899 g/mol. The molecule has 0 aromatic carbocycles. The summed E-state index contributed by atoms with van der Waals surface area (Å²) < 4.78 is 22.7. The van der Waals surface area contributed by atoms with E-state index < -0.39 is 24.3 Å². The highest BCUT2D eigenvalue weighted by atomic mass is 16.7. The predicted octanol–water partition coefficient (Wildman–Crippen LogP) is 16.3. The van der Waals surface area contributed by atoms with Crippen molar-refractivity contribution in [3.05, 3.63) is 60.8 Å². The average Bonchev–Trinajstić information content (AvgIpc) is 3.35. The van der Waals surface area contributed by atoms with E-state index in [1.54, 1.807) is 0 Å². The van der Waals surface area contributed by atoms with Gasteiger partial charge in [-0.25, -0.2) is 0 Å². The second-order valence-electron chi connectivity index (χ2n) is 21.3. The molecule has 0 fully saturated rings. The molecule has 0 aromatic heterocycles. The van der Waals surface area contributed by atoms with Crippen LogP contribution in [0, 0.1) is 0 Å². The van der Waals surface area contributed by atoms with Crippen LogP contribution in [0.1, 0.15) is 264 Å². The highest BCUT2D eigenvalue weighted by Gasteiger charge is 2.22. The number of carboxylic acids is 1. The highest BCUT2D eigenvalue weighted by Crippen LogP contribution is 2.16. The number of hydrogen-bond donors (Lipinski definition) is 0. The molecule has 0 spiro atoms. The first kappa shape index (κ1) is 69.0. The largest absolute Gasteiger partial charge is 0.545 e. The van der Waals surface area contributed by atoms with Crippen molar-refractivity contribution >= 4 is 17.9 Å². The molecule has 0 heterocycles. The summed E-state index contributed by atoms with van der Waals surface area (Å²) in [6.07, 6.45) is 65.7. The summed E-state index contributed by atoms with van der Waals surface area (Å²) in [5.74, 6) is -2.29. The van der Waals surface area contributed by atoms with Crippen LogP contribution in [0.3, 0.4) is 0 Å². The molecule has 2 atom stereocenters. The van der Waals surface area contributed by atoms with E-state index in [1.165, 1.54) is 154 Å². The van der Waals surface area contributed by atoms with Crippen LogP contribution in [0.4, 0.5) is 0 Å². The number of nitrogens with zero attached hydrogens (tertiary/aromatic N) is 1. The summed E-state index contributed by atoms with van der Waals surface area (Å²) in [5, 5.41) is 11.8. The maximum Gasteiger partial charge on any atom is 0.306 e. The number of likely N-dealkylation sites (N-methyl/N-ethyl adjacent to an activating group) is 1. The zero-order valence-corrected chi connectivity index (χ0v) is 47.5. The van der Waals surface area contributed by atoms with Crippen LogP contribution in [0.25, 0.3) is 0 Å². The summed E-state index contributed by atoms with van der Waals surface area (Å²) in [4.78, 5) is 37.2. The Bertz CT molecular complexity index is 1360. The van der Waals surface area contributed by atoms with Gasteiger partial charge in [-0.15, -0.1) is 0 Å². The van der Waals surface area contributed by atoms with E-state index in [1.807, 2.05) is 21.1 Å². The number of carbonyl (C=O) groups is 3. The summed E-state index contributed by atoms with van der Waals surface area (Å²) in [6, 6.07) is 0. The lowest BCUT2D eigenvalue weighted by molar-refractivity contribution is -0.870. The molecule has 0 bridgehead atoms. The number of carboxylic acid groups (broad SMARTS) is 1. The van der Waals surface area contributed by atoms with Crippen LogP contribution in [-0.2, 0) is 33.3 Å². The van der Waals surface area contributed by atoms with Crippen molar-refractivity contribution in [1.82, 2.24) is 0 Å². The first-order valence-corrected chi connectivity index (χ1v) is 29.9. The number of aliphatic carboxylic acids is 1. The minimum atomic E-state index is -1.62. The number of carbonyl (C=O) groups excluding carboxylic acids is 3. The highest BCUT2D eigenvalue weighted by molar-refractivity contribution is 5.70. The van der Waals surface area contributed by atoms with Crippen molar-refractivity contribution in [3.63, 3.8) is 0 Å². The smallest absolute Gasteiger partial charge is 0.306 e. The molecule has 9 heteroatoms. The van der Waals surface area contributed by atoms with Crippen molar-refractivity contribution in [3.8, 4) is 0 Å². The molecule has 0 saturated carbocycles. The quantitative estimate of drug-likeness (QED) is 0.0195. The van der Waals surface area contributed by atoms with E-state index in [-0.39, 0.29) is 38.6 Å². The molecule has 0 rings (SSSR count). The number of unbranched alkanes of at least 4 members (excludes halogenated alkanes) is 30. The molecule has 9 nitrogen and oxygen atoms in total. The lowest BCUT2D eigenvalue weighted by Crippen LogP contribution is -2.44. The van der Waals surface area contributed by atoms with Crippen LogP contribution >= 0.6 is 0 Å². The van der Waals surface area contributed by atoms with Gasteiger partial charge in [0.25, 0.3) is 0 Å². The maximum absolute atomic E-state index is 12.9. The van der Waals surface area contributed by atoms with Crippen LogP contribution < -0.4 is 5.11 Å². The summed E-state index contributed by atoms with van der Waals surface area (Å²) in [5.41, 5.74) is 0. The zero-order chi connectivity index (χ0) is 52.7. The minimum absolute atomic E-state index is 0.145. The second kappa shape index (κ2) is 54.3. The Kier molecular flexibility index (Phi) is 52.0. The topological polar surface area (TPSA) is 111 Å². The fourth-order valence-electron chi connectivity index (χ4n) is 8.33. The number of esters is 2. The van der Waals surface area contributed by atoms with Crippen LogP contribution in [0.15, 0.2) is 60.8 Å². The van der Waals surface area contributed by atoms with Crippen LogP contribution in [0.5, 0.6) is 0 Å². The third kappa shape index (κ3) is 54.8. The molecular formula is C63H113NO8. The second-order valence-corrected chi connectivity index (χ2v) is 21.3. The number of quaternary nitrogens is 1. The molecule has 0 radical (unpaired) electrons. The number of ether oxygens (including phenoxy) is 4. The van der Waals surface area contributed by atoms with E-state index >= 15 is 0 Å². The molecule has 0 amide bonds. The van der Waals surface area contributed by atoms with Gasteiger partial charge in [-0.3, -0.25) is 9.59 Å².